The van der Waals surface area contributed by atoms with Gasteiger partial charge in [-0.1, -0.05) is 12.1 Å². The van der Waals surface area contributed by atoms with E-state index < -0.39 is 11.8 Å². The average Bonchev–Trinajstić information content (AvgIpc) is 3.48. The molecule has 244 valence electrons. The Kier molecular flexibility index (Phi) is 9.76. The van der Waals surface area contributed by atoms with Gasteiger partial charge in [0.2, 0.25) is 5.95 Å². The van der Waals surface area contributed by atoms with Crippen molar-refractivity contribution in [1.29, 1.82) is 0 Å². The van der Waals surface area contributed by atoms with Crippen molar-refractivity contribution in [1.82, 2.24) is 24.4 Å². The summed E-state index contributed by atoms with van der Waals surface area (Å²) in [6, 6.07) is 9.23. The summed E-state index contributed by atoms with van der Waals surface area (Å²) >= 11 is 0. The number of likely N-dealkylation sites (tertiary alicyclic amines) is 1. The first-order valence-electron chi connectivity index (χ1n) is 16.1. The maximum atomic E-state index is 14.2. The molecule has 0 spiro atoms. The van der Waals surface area contributed by atoms with E-state index in [4.69, 9.17) is 19.4 Å². The molecule has 0 radical (unpaired) electrons. The number of hydrogen-bond donors (Lipinski definition) is 2. The maximum absolute atomic E-state index is 14.2. The van der Waals surface area contributed by atoms with Crippen LogP contribution in [0.25, 0.3) is 16.9 Å². The number of carbonyl (C=O) groups is 1. The third kappa shape index (κ3) is 6.75. The summed E-state index contributed by atoms with van der Waals surface area (Å²) in [6.07, 6.45) is 2.31. The molecule has 2 N–H and O–H groups in total. The Morgan fingerprint density at radius 1 is 1.09 bits per heavy atom. The normalized spacial score (nSPS) is 23.5. The molecule has 2 saturated heterocycles. The third-order valence-corrected chi connectivity index (χ3v) is 9.67. The molecule has 0 bridgehead atoms. The number of esters is 1. The number of rotatable bonds is 10. The summed E-state index contributed by atoms with van der Waals surface area (Å²) in [4.78, 5) is 30.8. The number of anilines is 2. The number of imidazole rings is 1. The van der Waals surface area contributed by atoms with E-state index in [2.05, 4.69) is 15.2 Å². The van der Waals surface area contributed by atoms with Crippen molar-refractivity contribution in [2.75, 3.05) is 69.4 Å². The molecule has 1 saturated carbocycles. The number of nitrogens with one attached hydrogen (secondary N) is 1. The van der Waals surface area contributed by atoms with Crippen LogP contribution >= 0.6 is 0 Å². The van der Waals surface area contributed by atoms with Crippen LogP contribution in [0.15, 0.2) is 30.3 Å². The molecule has 3 aromatic rings. The first kappa shape index (κ1) is 31.6. The molecule has 3 fully saturated rings. The predicted molar refractivity (Wildman–Crippen MR) is 166 cm³/mol. The second-order valence-electron chi connectivity index (χ2n) is 12.4. The van der Waals surface area contributed by atoms with Crippen LogP contribution in [0.1, 0.15) is 57.7 Å². The fraction of sp³-hybridized carbons (Fsp3) is 0.625. The zero-order valence-electron chi connectivity index (χ0n) is 25.8. The number of hydrogen-bond acceptors (Lipinski definition) is 10. The number of piperidine rings is 1. The van der Waals surface area contributed by atoms with E-state index in [1.54, 1.807) is 31.2 Å². The van der Waals surface area contributed by atoms with Crippen molar-refractivity contribution in [2.24, 2.45) is 11.3 Å². The van der Waals surface area contributed by atoms with Crippen molar-refractivity contribution >= 4 is 28.8 Å². The van der Waals surface area contributed by atoms with Crippen molar-refractivity contribution in [3.63, 3.8) is 0 Å². The molecule has 0 amide bonds. The molecule has 6 rings (SSSR count). The fourth-order valence-electron chi connectivity index (χ4n) is 6.97. The highest BCUT2D eigenvalue weighted by atomic mass is 19.3. The highest BCUT2D eigenvalue weighted by molar-refractivity contribution is 5.78. The number of fused-ring (bicyclic) bond motifs is 1. The highest BCUT2D eigenvalue weighted by Crippen LogP contribution is 2.40. The molecule has 11 nitrogen and oxygen atoms in total. The molecular weight excluding hydrogens is 584 g/mol. The number of halogens is 2. The molecule has 2 aliphatic heterocycles. The van der Waals surface area contributed by atoms with Crippen LogP contribution in [0.4, 0.5) is 20.5 Å². The van der Waals surface area contributed by atoms with E-state index in [9.17, 15) is 18.7 Å². The number of nitrogens with zero attached hydrogens (tertiary/aromatic N) is 6. The molecule has 0 atom stereocenters. The molecule has 0 unspecified atom stereocenters. The number of aromatic nitrogens is 4. The summed E-state index contributed by atoms with van der Waals surface area (Å²) < 4.78 is 40.6. The van der Waals surface area contributed by atoms with E-state index in [0.717, 1.165) is 38.8 Å². The summed E-state index contributed by atoms with van der Waals surface area (Å²) in [7, 11) is 0. The molecular formula is C32H43F2N7O4. The average molecular weight is 628 g/mol. The van der Waals surface area contributed by atoms with Gasteiger partial charge in [0.15, 0.2) is 5.82 Å². The Labute approximate surface area is 261 Å². The molecule has 1 aromatic carbocycles. The maximum Gasteiger partial charge on any atom is 0.314 e. The minimum absolute atomic E-state index is 0.162. The lowest BCUT2D eigenvalue weighted by Crippen LogP contribution is -2.48. The highest BCUT2D eigenvalue weighted by Gasteiger charge is 2.44. The number of aliphatic hydroxyl groups is 1. The van der Waals surface area contributed by atoms with Gasteiger partial charge in [-0.15, -0.1) is 0 Å². The van der Waals surface area contributed by atoms with Crippen LogP contribution < -0.4 is 10.2 Å². The number of carbonyl (C=O) groups excluding carboxylic acids is 1. The van der Waals surface area contributed by atoms with Crippen molar-refractivity contribution in [3.05, 3.63) is 36.2 Å². The molecule has 13 heteroatoms. The smallest absolute Gasteiger partial charge is 0.314 e. The van der Waals surface area contributed by atoms with Crippen molar-refractivity contribution < 1.29 is 28.2 Å². The zero-order valence-corrected chi connectivity index (χ0v) is 25.8. The van der Waals surface area contributed by atoms with Crippen LogP contribution in [0.5, 0.6) is 0 Å². The van der Waals surface area contributed by atoms with Crippen molar-refractivity contribution in [3.8, 4) is 5.82 Å². The first-order valence-corrected chi connectivity index (χ1v) is 16.1. The number of morpholine rings is 1. The van der Waals surface area contributed by atoms with Gasteiger partial charge in [-0.2, -0.15) is 9.97 Å². The largest absolute Gasteiger partial charge is 0.465 e. The van der Waals surface area contributed by atoms with Gasteiger partial charge < -0.3 is 29.7 Å². The summed E-state index contributed by atoms with van der Waals surface area (Å²) in [5.41, 5.74) is 0.296. The third-order valence-electron chi connectivity index (χ3n) is 9.67. The second-order valence-corrected chi connectivity index (χ2v) is 12.4. The molecule has 1 aliphatic carbocycles. The zero-order chi connectivity index (χ0) is 31.4. The Morgan fingerprint density at radius 2 is 1.82 bits per heavy atom. The van der Waals surface area contributed by atoms with Crippen LogP contribution in [0.2, 0.25) is 0 Å². The summed E-state index contributed by atoms with van der Waals surface area (Å²) in [6.45, 7) is 6.95. The lowest BCUT2D eigenvalue weighted by Gasteiger charge is -2.43. The molecule has 2 aromatic heterocycles. The molecule has 45 heavy (non-hydrogen) atoms. The topological polar surface area (TPSA) is 118 Å². The van der Waals surface area contributed by atoms with Gasteiger partial charge in [-0.25, -0.2) is 13.8 Å². The number of alkyl halides is 2. The number of ether oxygens (including phenoxy) is 2. The van der Waals surface area contributed by atoms with E-state index >= 15 is 0 Å². The van der Waals surface area contributed by atoms with Gasteiger partial charge in [0, 0.05) is 31.7 Å². The van der Waals surface area contributed by atoms with Gasteiger partial charge in [-0.3, -0.25) is 9.36 Å². The Balaban J connectivity index is 1.13. The van der Waals surface area contributed by atoms with E-state index in [1.165, 1.54) is 4.57 Å². The van der Waals surface area contributed by atoms with Gasteiger partial charge >= 0.3 is 5.97 Å². The first-order chi connectivity index (χ1) is 21.9. The minimum atomic E-state index is -2.77. The van der Waals surface area contributed by atoms with Crippen LogP contribution in [-0.2, 0) is 14.3 Å². The predicted octanol–water partition coefficient (Wildman–Crippen LogP) is 4.20. The van der Waals surface area contributed by atoms with Crippen LogP contribution in [0, 0.1) is 11.3 Å². The standard InChI is InChI=1S/C32H43F2N7O4/c1-2-45-30(43)32(21-42)11-7-23(8-12-32)39-13-9-22(10-14-39)20-35-26-19-27(38-31(37-26)40-15-17-44-18-16-40)41-25-6-4-3-5-24(25)36-29(41)28(33)34/h3-6,19,22-23,28,42H,2,7-18,20-21H2,1H3,(H,35,37,38). The minimum Gasteiger partial charge on any atom is -0.465 e. The summed E-state index contributed by atoms with van der Waals surface area (Å²) in [5, 5.41) is 13.5. The Morgan fingerprint density at radius 3 is 2.51 bits per heavy atom. The van der Waals surface area contributed by atoms with E-state index in [0.29, 0.717) is 92.9 Å². The van der Waals surface area contributed by atoms with E-state index in [-0.39, 0.29) is 18.4 Å². The quantitative estimate of drug-likeness (QED) is 0.317. The lowest BCUT2D eigenvalue weighted by molar-refractivity contribution is -0.161. The van der Waals surface area contributed by atoms with Gasteiger partial charge in [0.05, 0.1) is 42.9 Å². The number of para-hydroxylation sites is 2. The van der Waals surface area contributed by atoms with Gasteiger partial charge in [0.25, 0.3) is 6.43 Å². The SMILES string of the molecule is CCOC(=O)C1(CO)CCC(N2CCC(CNc3cc(-n4c(C(F)F)nc5ccccc54)nc(N4CCOCC4)n3)CC2)CC1. The fourth-order valence-corrected chi connectivity index (χ4v) is 6.97. The van der Waals surface area contributed by atoms with Gasteiger partial charge in [0.1, 0.15) is 11.6 Å². The Hall–Kier alpha value is -3.42. The lowest BCUT2D eigenvalue weighted by atomic mass is 9.72. The Bertz CT molecular complexity index is 1450. The molecule has 4 heterocycles. The summed E-state index contributed by atoms with van der Waals surface area (Å²) in [5.74, 6) is 1.23. The van der Waals surface area contributed by atoms with E-state index in [1.807, 2.05) is 11.0 Å². The van der Waals surface area contributed by atoms with Crippen molar-refractivity contribution in [2.45, 2.75) is 57.9 Å². The van der Waals surface area contributed by atoms with Crippen LogP contribution in [0.3, 0.4) is 0 Å². The second kappa shape index (κ2) is 13.9. The molecule has 3 aliphatic rings. The van der Waals surface area contributed by atoms with Crippen LogP contribution in [-0.4, -0.2) is 101 Å². The monoisotopic (exact) mass is 627 g/mol. The number of benzene rings is 1. The van der Waals surface area contributed by atoms with Gasteiger partial charge in [-0.05, 0) is 76.6 Å². The number of aliphatic hydroxyl groups excluding tert-OH is 1.